The zero-order valence-electron chi connectivity index (χ0n) is 17.2. The number of fused-ring (bicyclic) bond motifs is 1. The van der Waals surface area contributed by atoms with Crippen LogP contribution in [0.15, 0.2) is 34.9 Å². The Morgan fingerprint density at radius 3 is 2.67 bits per heavy atom. The minimum absolute atomic E-state index is 0.0759. The van der Waals surface area contributed by atoms with E-state index in [1.165, 1.54) is 12.1 Å². The van der Waals surface area contributed by atoms with Gasteiger partial charge in [-0.2, -0.15) is 0 Å². The monoisotopic (exact) mass is 434 g/mol. The Hall–Kier alpha value is -2.80. The fraction of sp³-hybridized carbons (Fsp3) is 0.364. The van der Waals surface area contributed by atoms with Gasteiger partial charge in [-0.25, -0.2) is 4.39 Å². The first-order chi connectivity index (χ1) is 14.5. The number of hydrogen-bond acceptors (Lipinski definition) is 5. The molecule has 0 bridgehead atoms. The van der Waals surface area contributed by atoms with Gasteiger partial charge < -0.3 is 18.9 Å². The van der Waals surface area contributed by atoms with Gasteiger partial charge in [0.05, 0.1) is 18.5 Å². The van der Waals surface area contributed by atoms with Gasteiger partial charge in [0, 0.05) is 24.6 Å². The van der Waals surface area contributed by atoms with Crippen molar-refractivity contribution in [3.05, 3.63) is 41.2 Å². The molecule has 0 saturated heterocycles. The van der Waals surface area contributed by atoms with E-state index in [1.54, 1.807) is 23.1 Å². The van der Waals surface area contributed by atoms with Crippen LogP contribution in [0, 0.1) is 5.82 Å². The molecule has 0 radical (unpaired) electrons. The van der Waals surface area contributed by atoms with E-state index >= 15 is 0 Å². The molecule has 1 aromatic heterocycles. The number of amides is 1. The summed E-state index contributed by atoms with van der Waals surface area (Å²) < 4.78 is 30.4. The zero-order valence-corrected chi connectivity index (χ0v) is 18.0. The second-order valence-electron chi connectivity index (χ2n) is 6.53. The molecule has 3 aromatic rings. The second-order valence-corrected chi connectivity index (χ2v) is 6.91. The Labute approximate surface area is 179 Å². The average molecular weight is 435 g/mol. The maximum absolute atomic E-state index is 13.6. The Balaban J connectivity index is 1.85. The molecule has 30 heavy (non-hydrogen) atoms. The maximum atomic E-state index is 13.6. The number of benzene rings is 2. The molecule has 1 amide bonds. The summed E-state index contributed by atoms with van der Waals surface area (Å²) in [6.45, 7) is 7.35. The molecule has 0 atom stereocenters. The van der Waals surface area contributed by atoms with Crippen LogP contribution in [0.5, 0.6) is 11.5 Å². The first-order valence-electron chi connectivity index (χ1n) is 9.91. The molecule has 0 unspecified atom stereocenters. The molecule has 6 nitrogen and oxygen atoms in total. The summed E-state index contributed by atoms with van der Waals surface area (Å²) >= 11 is 6.48. The van der Waals surface area contributed by atoms with Gasteiger partial charge in [-0.1, -0.05) is 23.7 Å². The summed E-state index contributed by atoms with van der Waals surface area (Å²) in [6.07, 6.45) is 0.453. The van der Waals surface area contributed by atoms with Gasteiger partial charge in [0.15, 0.2) is 5.58 Å². The van der Waals surface area contributed by atoms with Gasteiger partial charge in [-0.3, -0.25) is 4.79 Å². The smallest absolute Gasteiger partial charge is 0.222 e. The Bertz CT molecular complexity index is 1040. The molecule has 0 N–H and O–H groups in total. The van der Waals surface area contributed by atoms with Crippen LogP contribution < -0.4 is 9.47 Å². The minimum atomic E-state index is -0.397. The molecule has 0 fully saturated rings. The zero-order chi connectivity index (χ0) is 21.7. The topological polar surface area (TPSA) is 64.8 Å². The van der Waals surface area contributed by atoms with Gasteiger partial charge in [0.1, 0.15) is 34.6 Å². The van der Waals surface area contributed by atoms with Crippen LogP contribution in [0.25, 0.3) is 22.2 Å². The minimum Gasteiger partial charge on any atom is -0.493 e. The van der Waals surface area contributed by atoms with Gasteiger partial charge in [-0.05, 0) is 38.1 Å². The van der Waals surface area contributed by atoms with Crippen molar-refractivity contribution in [1.29, 1.82) is 0 Å². The summed E-state index contributed by atoms with van der Waals surface area (Å²) in [7, 11) is 0. The van der Waals surface area contributed by atoms with Gasteiger partial charge in [-0.15, -0.1) is 0 Å². The summed E-state index contributed by atoms with van der Waals surface area (Å²) in [5, 5.41) is 5.08. The first-order valence-corrected chi connectivity index (χ1v) is 10.3. The Kier molecular flexibility index (Phi) is 7.15. The van der Waals surface area contributed by atoms with Crippen molar-refractivity contribution in [1.82, 2.24) is 10.1 Å². The number of rotatable bonds is 9. The third kappa shape index (κ3) is 4.51. The molecule has 8 heteroatoms. The molecular weight excluding hydrogens is 411 g/mol. The highest BCUT2D eigenvalue weighted by Crippen LogP contribution is 2.40. The lowest BCUT2D eigenvalue weighted by Gasteiger charge is -2.20. The number of halogens is 2. The maximum Gasteiger partial charge on any atom is 0.222 e. The van der Waals surface area contributed by atoms with Crippen molar-refractivity contribution < 1.29 is 23.2 Å². The standard InChI is InChI=1S/C22H24ClFN2O4/c1-4-19(27)26(5-2)11-12-29-17-10-9-16-21(25-30-22(16)20(17)23)15-8-7-14(24)13-18(15)28-6-3/h7-10,13H,4-6,11-12H2,1-3H3. The van der Waals surface area contributed by atoms with Crippen molar-refractivity contribution in [3.63, 3.8) is 0 Å². The number of aromatic nitrogens is 1. The van der Waals surface area contributed by atoms with Crippen molar-refractivity contribution in [2.45, 2.75) is 27.2 Å². The van der Waals surface area contributed by atoms with Gasteiger partial charge in [0.25, 0.3) is 0 Å². The summed E-state index contributed by atoms with van der Waals surface area (Å²) in [4.78, 5) is 13.6. The molecule has 3 rings (SSSR count). The van der Waals surface area contributed by atoms with Crippen LogP contribution >= 0.6 is 11.6 Å². The van der Waals surface area contributed by atoms with Crippen LogP contribution in [0.3, 0.4) is 0 Å². The summed E-state index contributed by atoms with van der Waals surface area (Å²) in [6, 6.07) is 7.77. The van der Waals surface area contributed by atoms with Crippen molar-refractivity contribution in [2.75, 3.05) is 26.3 Å². The van der Waals surface area contributed by atoms with Gasteiger partial charge >= 0.3 is 0 Å². The molecule has 0 aliphatic rings. The lowest BCUT2D eigenvalue weighted by molar-refractivity contribution is -0.131. The second kappa shape index (κ2) is 9.80. The number of ether oxygens (including phenoxy) is 2. The molecule has 160 valence electrons. The molecule has 0 saturated carbocycles. The summed E-state index contributed by atoms with van der Waals surface area (Å²) in [5.41, 5.74) is 1.49. The molecule has 0 aliphatic heterocycles. The van der Waals surface area contributed by atoms with Crippen LogP contribution in [0.4, 0.5) is 4.39 Å². The number of carbonyl (C=O) groups excluding carboxylic acids is 1. The van der Waals surface area contributed by atoms with Crippen molar-refractivity contribution in [3.8, 4) is 22.8 Å². The van der Waals surface area contributed by atoms with E-state index in [4.69, 9.17) is 25.6 Å². The fourth-order valence-corrected chi connectivity index (χ4v) is 3.43. The lowest BCUT2D eigenvalue weighted by atomic mass is 10.1. The van der Waals surface area contributed by atoms with Crippen molar-refractivity contribution >= 4 is 28.5 Å². The van der Waals surface area contributed by atoms with E-state index in [-0.39, 0.29) is 10.9 Å². The average Bonchev–Trinajstić information content (AvgIpc) is 3.17. The number of hydrogen-bond donors (Lipinski definition) is 0. The van der Waals surface area contributed by atoms with E-state index in [2.05, 4.69) is 5.16 Å². The third-order valence-electron chi connectivity index (χ3n) is 4.70. The van der Waals surface area contributed by atoms with E-state index in [0.29, 0.717) is 66.4 Å². The highest BCUT2D eigenvalue weighted by Gasteiger charge is 2.20. The highest BCUT2D eigenvalue weighted by atomic mass is 35.5. The summed E-state index contributed by atoms with van der Waals surface area (Å²) in [5.74, 6) is 0.499. The third-order valence-corrected chi connectivity index (χ3v) is 5.06. The van der Waals surface area contributed by atoms with Crippen LogP contribution in [0.1, 0.15) is 27.2 Å². The predicted octanol–water partition coefficient (Wildman–Crippen LogP) is 5.32. The molecule has 0 aliphatic carbocycles. The SMILES string of the molecule is CCOc1cc(F)ccc1-c1noc2c(Cl)c(OCCN(CC)C(=O)CC)ccc12. The van der Waals surface area contributed by atoms with E-state index < -0.39 is 5.82 Å². The highest BCUT2D eigenvalue weighted by molar-refractivity contribution is 6.36. The lowest BCUT2D eigenvalue weighted by Crippen LogP contribution is -2.33. The van der Waals surface area contributed by atoms with Crippen LogP contribution in [-0.2, 0) is 4.79 Å². The number of likely N-dealkylation sites (N-methyl/N-ethyl adjacent to an activating group) is 1. The van der Waals surface area contributed by atoms with E-state index in [1.807, 2.05) is 20.8 Å². The quantitative estimate of drug-likeness (QED) is 0.455. The van der Waals surface area contributed by atoms with E-state index in [0.717, 1.165) is 0 Å². The van der Waals surface area contributed by atoms with Crippen LogP contribution in [-0.4, -0.2) is 42.3 Å². The Morgan fingerprint density at radius 2 is 1.97 bits per heavy atom. The molecule has 0 spiro atoms. The normalized spacial score (nSPS) is 11.0. The number of nitrogens with zero attached hydrogens (tertiary/aromatic N) is 2. The molecule has 1 heterocycles. The molecular formula is C22H24ClFN2O4. The van der Waals surface area contributed by atoms with E-state index in [9.17, 15) is 9.18 Å². The first kappa shape index (κ1) is 21.9. The van der Waals surface area contributed by atoms with Gasteiger partial charge in [0.2, 0.25) is 5.91 Å². The molecule has 2 aromatic carbocycles. The Morgan fingerprint density at radius 1 is 1.17 bits per heavy atom. The number of carbonyl (C=O) groups is 1. The van der Waals surface area contributed by atoms with Crippen molar-refractivity contribution in [2.24, 2.45) is 0 Å². The van der Waals surface area contributed by atoms with Crippen LogP contribution in [0.2, 0.25) is 5.02 Å². The largest absolute Gasteiger partial charge is 0.493 e. The predicted molar refractivity (Wildman–Crippen MR) is 114 cm³/mol. The fourth-order valence-electron chi connectivity index (χ4n) is 3.18.